The maximum absolute atomic E-state index is 13.3. The van der Waals surface area contributed by atoms with E-state index in [-0.39, 0.29) is 12.5 Å². The molecule has 1 amide bonds. The van der Waals surface area contributed by atoms with Crippen LogP contribution in [-0.4, -0.2) is 140 Å². The minimum absolute atomic E-state index is 0.214. The fraction of sp³-hybridized carbons (Fsp3) is 0.855. The number of carbonyl (C=O) groups is 1. The first-order valence-corrected chi connectivity index (χ1v) is 30.9. The van der Waals surface area contributed by atoms with Crippen LogP contribution < -0.4 is 5.32 Å². The third-order valence-electron chi connectivity index (χ3n) is 15.1. The molecule has 12 atom stereocenters. The van der Waals surface area contributed by atoms with Gasteiger partial charge in [-0.1, -0.05) is 236 Å². The lowest BCUT2D eigenvalue weighted by atomic mass is 9.97. The molecule has 0 spiro atoms. The van der Waals surface area contributed by atoms with Crippen molar-refractivity contribution in [3.05, 3.63) is 48.6 Å². The van der Waals surface area contributed by atoms with Gasteiger partial charge in [-0.05, 0) is 51.4 Å². The molecule has 2 fully saturated rings. The highest BCUT2D eigenvalue weighted by atomic mass is 16.7. The number of allylic oxidation sites excluding steroid dienone is 8. The molecule has 14 heteroatoms. The maximum atomic E-state index is 13.3. The zero-order valence-electron chi connectivity index (χ0n) is 47.7. The van der Waals surface area contributed by atoms with Crippen molar-refractivity contribution in [2.24, 2.45) is 0 Å². The minimum atomic E-state index is -1.78. The summed E-state index contributed by atoms with van der Waals surface area (Å²) in [7, 11) is 0. The predicted octanol–water partition coefficient (Wildman–Crippen LogP) is 10.8. The van der Waals surface area contributed by atoms with Crippen LogP contribution in [0.15, 0.2) is 48.6 Å². The Hall–Kier alpha value is -2.05. The molecule has 0 bridgehead atoms. The maximum Gasteiger partial charge on any atom is 0.220 e. The monoisotopic (exact) mass is 1080 g/mol. The van der Waals surface area contributed by atoms with E-state index in [4.69, 9.17) is 18.9 Å². The van der Waals surface area contributed by atoms with Crippen LogP contribution in [0.5, 0.6) is 0 Å². The molecule has 2 aliphatic heterocycles. The van der Waals surface area contributed by atoms with Crippen molar-refractivity contribution in [2.75, 3.05) is 19.8 Å². The molecule has 0 aromatic rings. The first kappa shape index (κ1) is 70.1. The molecule has 444 valence electrons. The molecule has 0 aliphatic carbocycles. The summed E-state index contributed by atoms with van der Waals surface area (Å²) in [5.74, 6) is -0.214. The van der Waals surface area contributed by atoms with E-state index in [1.54, 1.807) is 0 Å². The summed E-state index contributed by atoms with van der Waals surface area (Å²) in [6.07, 6.45) is 42.4. The van der Waals surface area contributed by atoms with Gasteiger partial charge in [-0.15, -0.1) is 0 Å². The second kappa shape index (κ2) is 47.7. The van der Waals surface area contributed by atoms with Crippen LogP contribution in [-0.2, 0) is 23.7 Å². The normalized spacial score (nSPS) is 25.2. The van der Waals surface area contributed by atoms with Crippen molar-refractivity contribution in [2.45, 2.75) is 319 Å². The van der Waals surface area contributed by atoms with E-state index >= 15 is 0 Å². The average Bonchev–Trinajstić information content (AvgIpc) is 3.42. The lowest BCUT2D eigenvalue weighted by molar-refractivity contribution is -0.359. The van der Waals surface area contributed by atoms with E-state index in [0.29, 0.717) is 19.3 Å². The standard InChI is InChI=1S/C62H113NO13/c1-3-5-7-9-11-13-15-17-19-21-23-25-27-29-31-33-35-37-39-41-43-45-51(66)50(49-73-61-59(72)57(70)60(53(48-65)75-61)76-62-58(71)56(69)55(68)52(47-64)74-62)63-54(67)46-44-42-40-38-36-34-32-30-28-26-24-22-20-18-16-14-12-10-8-6-4-2/h6,8,12,14,18,20,24,26,50-53,55-62,64-66,68-72H,3-5,7,9-11,13,15-17,19,21-23,25,27-49H2,1-2H3,(H,63,67)/b8-6-,14-12-,20-18-,26-24-. The van der Waals surface area contributed by atoms with E-state index in [1.807, 2.05) is 0 Å². The molecule has 2 aliphatic rings. The van der Waals surface area contributed by atoms with Crippen molar-refractivity contribution in [1.82, 2.24) is 5.32 Å². The number of nitrogens with one attached hydrogen (secondary N) is 1. The number of aliphatic hydroxyl groups is 8. The number of unbranched alkanes of at least 4 members (excludes halogenated alkanes) is 28. The molecule has 0 aromatic heterocycles. The highest BCUT2D eigenvalue weighted by molar-refractivity contribution is 5.76. The number of carbonyl (C=O) groups excluding carboxylic acids is 1. The summed E-state index contributed by atoms with van der Waals surface area (Å²) >= 11 is 0. The molecule has 14 nitrogen and oxygen atoms in total. The molecule has 2 heterocycles. The molecule has 0 radical (unpaired) electrons. The van der Waals surface area contributed by atoms with Gasteiger partial charge in [-0.3, -0.25) is 4.79 Å². The molecule has 2 saturated heterocycles. The molecular formula is C62H113NO13. The van der Waals surface area contributed by atoms with E-state index < -0.39 is 86.8 Å². The molecule has 76 heavy (non-hydrogen) atoms. The van der Waals surface area contributed by atoms with Gasteiger partial charge in [0.2, 0.25) is 5.91 Å². The second-order valence-electron chi connectivity index (χ2n) is 21.8. The van der Waals surface area contributed by atoms with Gasteiger partial charge in [0.05, 0.1) is 32.0 Å². The highest BCUT2D eigenvalue weighted by Crippen LogP contribution is 2.30. The van der Waals surface area contributed by atoms with Crippen molar-refractivity contribution in [1.29, 1.82) is 0 Å². The van der Waals surface area contributed by atoms with Crippen molar-refractivity contribution in [3.63, 3.8) is 0 Å². The van der Waals surface area contributed by atoms with Gasteiger partial charge in [0, 0.05) is 6.42 Å². The first-order chi connectivity index (χ1) is 37.1. The quantitative estimate of drug-likeness (QED) is 0.0204. The van der Waals surface area contributed by atoms with Crippen LogP contribution in [0.4, 0.5) is 0 Å². The molecular weight excluding hydrogens is 967 g/mol. The summed E-state index contributed by atoms with van der Waals surface area (Å²) in [6, 6.07) is -0.835. The van der Waals surface area contributed by atoms with Gasteiger partial charge in [-0.25, -0.2) is 0 Å². The summed E-state index contributed by atoms with van der Waals surface area (Å²) in [6.45, 7) is 2.76. The molecule has 0 saturated carbocycles. The van der Waals surface area contributed by atoms with E-state index in [2.05, 4.69) is 67.8 Å². The summed E-state index contributed by atoms with van der Waals surface area (Å²) in [5, 5.41) is 87.4. The predicted molar refractivity (Wildman–Crippen MR) is 304 cm³/mol. The first-order valence-electron chi connectivity index (χ1n) is 30.9. The van der Waals surface area contributed by atoms with Crippen LogP contribution >= 0.6 is 0 Å². The number of hydrogen-bond donors (Lipinski definition) is 9. The van der Waals surface area contributed by atoms with Gasteiger partial charge >= 0.3 is 0 Å². The number of ether oxygens (including phenoxy) is 4. The van der Waals surface area contributed by atoms with Gasteiger partial charge in [0.15, 0.2) is 12.6 Å². The Balaban J connectivity index is 1.74. The SMILES string of the molecule is CC/C=C\C/C=C\C/C=C\C/C=C\CCCCCCCCCCC(=O)NC(COC1OC(CO)C(OC2OC(CO)C(O)C(O)C2O)C(O)C1O)C(O)CCCCCCCCCCCCCCCCCCCCCCC. The van der Waals surface area contributed by atoms with Gasteiger partial charge < -0.3 is 65.1 Å². The minimum Gasteiger partial charge on any atom is -0.394 e. The van der Waals surface area contributed by atoms with Crippen molar-refractivity contribution >= 4 is 5.91 Å². The highest BCUT2D eigenvalue weighted by Gasteiger charge is 2.51. The lowest BCUT2D eigenvalue weighted by Gasteiger charge is -2.46. The van der Waals surface area contributed by atoms with Crippen LogP contribution in [0.1, 0.15) is 245 Å². The van der Waals surface area contributed by atoms with Crippen LogP contribution in [0.25, 0.3) is 0 Å². The van der Waals surface area contributed by atoms with E-state index in [9.17, 15) is 45.6 Å². The number of aliphatic hydroxyl groups excluding tert-OH is 8. The molecule has 2 rings (SSSR count). The Morgan fingerprint density at radius 3 is 1.39 bits per heavy atom. The Kier molecular flexibility index (Phi) is 44.0. The van der Waals surface area contributed by atoms with Crippen LogP contribution in [0, 0.1) is 0 Å². The largest absolute Gasteiger partial charge is 0.394 e. The summed E-state index contributed by atoms with van der Waals surface area (Å²) in [4.78, 5) is 13.3. The zero-order chi connectivity index (χ0) is 55.3. The molecule has 0 aromatic carbocycles. The van der Waals surface area contributed by atoms with E-state index in [0.717, 1.165) is 77.0 Å². The number of rotatable bonds is 49. The third-order valence-corrected chi connectivity index (χ3v) is 15.1. The van der Waals surface area contributed by atoms with E-state index in [1.165, 1.54) is 135 Å². The van der Waals surface area contributed by atoms with Gasteiger partial charge in [0.1, 0.15) is 48.8 Å². The molecule has 9 N–H and O–H groups in total. The third kappa shape index (κ3) is 32.9. The van der Waals surface area contributed by atoms with Gasteiger partial charge in [-0.2, -0.15) is 0 Å². The molecule has 12 unspecified atom stereocenters. The Bertz CT molecular complexity index is 1460. The Morgan fingerprint density at radius 2 is 0.908 bits per heavy atom. The van der Waals surface area contributed by atoms with Crippen LogP contribution in [0.3, 0.4) is 0 Å². The lowest BCUT2D eigenvalue weighted by Crippen LogP contribution is -2.65. The van der Waals surface area contributed by atoms with Crippen molar-refractivity contribution in [3.8, 4) is 0 Å². The fourth-order valence-corrected chi connectivity index (χ4v) is 10.1. The van der Waals surface area contributed by atoms with Gasteiger partial charge in [0.25, 0.3) is 0 Å². The van der Waals surface area contributed by atoms with Crippen molar-refractivity contribution < 1.29 is 64.6 Å². The van der Waals surface area contributed by atoms with Crippen LogP contribution in [0.2, 0.25) is 0 Å². The number of amides is 1. The smallest absolute Gasteiger partial charge is 0.220 e. The summed E-state index contributed by atoms with van der Waals surface area (Å²) in [5.41, 5.74) is 0. The fourth-order valence-electron chi connectivity index (χ4n) is 10.1. The Morgan fingerprint density at radius 1 is 0.487 bits per heavy atom. The topological polar surface area (TPSA) is 228 Å². The summed E-state index contributed by atoms with van der Waals surface area (Å²) < 4.78 is 22.9. The zero-order valence-corrected chi connectivity index (χ0v) is 47.7. The number of hydrogen-bond acceptors (Lipinski definition) is 13. The second-order valence-corrected chi connectivity index (χ2v) is 21.8. The Labute approximate surface area is 461 Å². The average molecular weight is 1080 g/mol.